The highest BCUT2D eigenvalue weighted by molar-refractivity contribution is 5.99. The number of anilines is 2. The Morgan fingerprint density at radius 2 is 1.60 bits per heavy atom. The highest BCUT2D eigenvalue weighted by atomic mass is 16.2. The van der Waals surface area contributed by atoms with E-state index in [4.69, 9.17) is 5.10 Å². The van der Waals surface area contributed by atoms with E-state index < -0.39 is 0 Å². The Morgan fingerprint density at radius 1 is 0.867 bits per heavy atom. The second-order valence-corrected chi connectivity index (χ2v) is 13.9. The molecule has 2 aliphatic rings. The Kier molecular flexibility index (Phi) is 8.79. The van der Waals surface area contributed by atoms with Gasteiger partial charge < -0.3 is 10.2 Å². The molecule has 0 radical (unpaired) electrons. The molecular formula is C38H45N5O2. The van der Waals surface area contributed by atoms with Crippen molar-refractivity contribution in [2.75, 3.05) is 23.7 Å². The number of carbonyl (C=O) groups is 2. The van der Waals surface area contributed by atoms with Gasteiger partial charge in [0.1, 0.15) is 5.82 Å². The van der Waals surface area contributed by atoms with Gasteiger partial charge in [0.25, 0.3) is 0 Å². The van der Waals surface area contributed by atoms with E-state index in [-0.39, 0.29) is 17.4 Å². The van der Waals surface area contributed by atoms with Crippen molar-refractivity contribution in [2.45, 2.75) is 71.6 Å². The van der Waals surface area contributed by atoms with E-state index >= 15 is 0 Å². The van der Waals surface area contributed by atoms with Crippen molar-refractivity contribution in [1.29, 1.82) is 0 Å². The number of fused-ring (bicyclic) bond motifs is 1. The minimum absolute atomic E-state index is 0.112. The van der Waals surface area contributed by atoms with Crippen molar-refractivity contribution in [3.05, 3.63) is 107 Å². The number of amides is 3. The number of piperidine rings is 1. The van der Waals surface area contributed by atoms with Crippen LogP contribution in [0.1, 0.15) is 68.0 Å². The Balaban J connectivity index is 1.04. The maximum absolute atomic E-state index is 13.3. The van der Waals surface area contributed by atoms with Crippen LogP contribution in [0.25, 0.3) is 5.69 Å². The lowest BCUT2D eigenvalue weighted by Gasteiger charge is -2.35. The standard InChI is InChI=1S/C38H45N5O2/c1-26-12-16-33(17-13-26)43-35(25-34(41-43)38(2,3)4)40-37(45)39-32-11-7-8-28(23-32)22-27-18-20-42(21-19-27)36(44)31-15-14-29-9-5-6-10-30(29)24-31/h5-13,16-17,23,25,27,31H,14-15,18-22,24H2,1-4H3,(H2,39,40,45)/t31-/m1/s1. The first-order valence-electron chi connectivity index (χ1n) is 16.3. The van der Waals surface area contributed by atoms with Crippen molar-refractivity contribution in [3.8, 4) is 5.69 Å². The number of hydrogen-bond donors (Lipinski definition) is 2. The summed E-state index contributed by atoms with van der Waals surface area (Å²) in [4.78, 5) is 28.6. The predicted octanol–water partition coefficient (Wildman–Crippen LogP) is 7.71. The minimum atomic E-state index is -0.307. The quantitative estimate of drug-likeness (QED) is 0.237. The summed E-state index contributed by atoms with van der Waals surface area (Å²) >= 11 is 0. The molecule has 1 saturated heterocycles. The summed E-state index contributed by atoms with van der Waals surface area (Å²) < 4.78 is 1.79. The first-order valence-corrected chi connectivity index (χ1v) is 16.3. The van der Waals surface area contributed by atoms with Gasteiger partial charge in [0, 0.05) is 36.2 Å². The van der Waals surface area contributed by atoms with Crippen LogP contribution in [0.5, 0.6) is 0 Å². The van der Waals surface area contributed by atoms with Crippen LogP contribution in [0.15, 0.2) is 78.9 Å². The average molecular weight is 604 g/mol. The highest BCUT2D eigenvalue weighted by Crippen LogP contribution is 2.30. The normalized spacial score (nSPS) is 17.1. The fourth-order valence-electron chi connectivity index (χ4n) is 6.63. The van der Waals surface area contributed by atoms with Crippen LogP contribution in [-0.2, 0) is 29.5 Å². The number of carbonyl (C=O) groups excluding carboxylic acids is 2. The first-order chi connectivity index (χ1) is 21.6. The van der Waals surface area contributed by atoms with E-state index in [1.165, 1.54) is 22.3 Å². The molecule has 234 valence electrons. The largest absolute Gasteiger partial charge is 0.342 e. The van der Waals surface area contributed by atoms with E-state index in [2.05, 4.69) is 79.6 Å². The molecule has 3 aromatic carbocycles. The van der Waals surface area contributed by atoms with Crippen molar-refractivity contribution < 1.29 is 9.59 Å². The van der Waals surface area contributed by atoms with Gasteiger partial charge in [-0.25, -0.2) is 9.48 Å². The summed E-state index contributed by atoms with van der Waals surface area (Å²) in [5.74, 6) is 1.58. The van der Waals surface area contributed by atoms with Gasteiger partial charge in [-0.1, -0.05) is 74.9 Å². The molecular weight excluding hydrogens is 558 g/mol. The fraction of sp³-hybridized carbons (Fsp3) is 0.395. The minimum Gasteiger partial charge on any atom is -0.342 e. The van der Waals surface area contributed by atoms with Crippen LogP contribution in [0.2, 0.25) is 0 Å². The number of aromatic nitrogens is 2. The molecule has 1 aliphatic carbocycles. The number of hydrogen-bond acceptors (Lipinski definition) is 3. The third kappa shape index (κ3) is 7.30. The van der Waals surface area contributed by atoms with E-state index in [9.17, 15) is 9.59 Å². The Hall–Kier alpha value is -4.39. The number of likely N-dealkylation sites (tertiary alicyclic amines) is 1. The van der Waals surface area contributed by atoms with Crippen LogP contribution in [0.3, 0.4) is 0 Å². The molecule has 7 nitrogen and oxygen atoms in total. The topological polar surface area (TPSA) is 79.3 Å². The monoisotopic (exact) mass is 603 g/mol. The third-order valence-corrected chi connectivity index (χ3v) is 9.33. The summed E-state index contributed by atoms with van der Waals surface area (Å²) in [6.07, 6.45) is 5.77. The van der Waals surface area contributed by atoms with Crippen LogP contribution in [0.4, 0.5) is 16.3 Å². The number of nitrogens with zero attached hydrogens (tertiary/aromatic N) is 3. The number of rotatable bonds is 6. The summed E-state index contributed by atoms with van der Waals surface area (Å²) in [6.45, 7) is 10.0. The smallest absolute Gasteiger partial charge is 0.324 e. The third-order valence-electron chi connectivity index (χ3n) is 9.33. The molecule has 1 fully saturated rings. The Morgan fingerprint density at radius 3 is 2.33 bits per heavy atom. The Bertz CT molecular complexity index is 1660. The van der Waals surface area contributed by atoms with Gasteiger partial charge in [-0.2, -0.15) is 5.10 Å². The SMILES string of the molecule is Cc1ccc(-n2nc(C(C)(C)C)cc2NC(=O)Nc2cccc(CC3CCN(C(=O)[C@@H]4CCc5ccccc5C4)CC3)c2)cc1. The van der Waals surface area contributed by atoms with Gasteiger partial charge in [0.2, 0.25) is 5.91 Å². The molecule has 4 aromatic rings. The number of aryl methyl sites for hydroxylation is 2. The average Bonchev–Trinajstić information content (AvgIpc) is 3.45. The molecule has 3 amide bonds. The van der Waals surface area contributed by atoms with E-state index in [1.807, 2.05) is 42.5 Å². The summed E-state index contributed by atoms with van der Waals surface area (Å²) in [5, 5.41) is 10.9. The summed E-state index contributed by atoms with van der Waals surface area (Å²) in [7, 11) is 0. The zero-order valence-electron chi connectivity index (χ0n) is 27.0. The molecule has 0 bridgehead atoms. The number of urea groups is 1. The van der Waals surface area contributed by atoms with Gasteiger partial charge in [0.05, 0.1) is 11.4 Å². The van der Waals surface area contributed by atoms with E-state index in [0.29, 0.717) is 17.6 Å². The van der Waals surface area contributed by atoms with Crippen molar-refractivity contribution in [1.82, 2.24) is 14.7 Å². The molecule has 1 aromatic heterocycles. The molecule has 6 rings (SSSR count). The molecule has 2 heterocycles. The molecule has 0 spiro atoms. The molecule has 0 saturated carbocycles. The van der Waals surface area contributed by atoms with Crippen molar-refractivity contribution >= 4 is 23.4 Å². The van der Waals surface area contributed by atoms with E-state index in [0.717, 1.165) is 68.7 Å². The van der Waals surface area contributed by atoms with Crippen LogP contribution >= 0.6 is 0 Å². The van der Waals surface area contributed by atoms with Crippen LogP contribution in [0, 0.1) is 18.8 Å². The summed E-state index contributed by atoms with van der Waals surface area (Å²) in [6, 6.07) is 26.4. The van der Waals surface area contributed by atoms with Gasteiger partial charge in [-0.15, -0.1) is 0 Å². The summed E-state index contributed by atoms with van der Waals surface area (Å²) in [5.41, 5.74) is 7.49. The van der Waals surface area contributed by atoms with Crippen LogP contribution in [-0.4, -0.2) is 39.7 Å². The second-order valence-electron chi connectivity index (χ2n) is 13.9. The van der Waals surface area contributed by atoms with Gasteiger partial charge in [-0.05, 0) is 92.3 Å². The van der Waals surface area contributed by atoms with Crippen LogP contribution < -0.4 is 10.6 Å². The fourth-order valence-corrected chi connectivity index (χ4v) is 6.63. The molecule has 7 heteroatoms. The lowest BCUT2D eigenvalue weighted by atomic mass is 9.82. The number of nitrogens with one attached hydrogen (secondary N) is 2. The zero-order chi connectivity index (χ0) is 31.6. The number of benzene rings is 3. The predicted molar refractivity (Wildman–Crippen MR) is 181 cm³/mol. The molecule has 1 atom stereocenters. The second kappa shape index (κ2) is 12.9. The Labute approximate surface area is 267 Å². The lowest BCUT2D eigenvalue weighted by Crippen LogP contribution is -2.43. The van der Waals surface area contributed by atoms with Gasteiger partial charge in [-0.3, -0.25) is 10.1 Å². The maximum Gasteiger partial charge on any atom is 0.324 e. The van der Waals surface area contributed by atoms with Gasteiger partial charge in [0.15, 0.2) is 0 Å². The van der Waals surface area contributed by atoms with Crippen molar-refractivity contribution in [2.24, 2.45) is 11.8 Å². The maximum atomic E-state index is 13.3. The van der Waals surface area contributed by atoms with Crippen molar-refractivity contribution in [3.63, 3.8) is 0 Å². The molecule has 0 unspecified atom stereocenters. The van der Waals surface area contributed by atoms with Gasteiger partial charge >= 0.3 is 6.03 Å². The molecule has 2 N–H and O–H groups in total. The van der Waals surface area contributed by atoms with E-state index in [1.54, 1.807) is 4.68 Å². The zero-order valence-corrected chi connectivity index (χ0v) is 27.0. The highest BCUT2D eigenvalue weighted by Gasteiger charge is 2.31. The molecule has 45 heavy (non-hydrogen) atoms. The first kappa shape index (κ1) is 30.6. The molecule has 1 aliphatic heterocycles. The lowest BCUT2D eigenvalue weighted by molar-refractivity contribution is -0.137.